The summed E-state index contributed by atoms with van der Waals surface area (Å²) in [7, 11) is 0. The summed E-state index contributed by atoms with van der Waals surface area (Å²) in [5, 5.41) is 4.09. The van der Waals surface area contributed by atoms with Crippen LogP contribution in [0.5, 0.6) is 5.75 Å². The van der Waals surface area contributed by atoms with Crippen molar-refractivity contribution in [3.63, 3.8) is 0 Å². The predicted octanol–water partition coefficient (Wildman–Crippen LogP) is 3.96. The first-order valence-corrected chi connectivity index (χ1v) is 9.08. The van der Waals surface area contributed by atoms with Gasteiger partial charge in [0.25, 0.3) is 0 Å². The van der Waals surface area contributed by atoms with E-state index in [0.29, 0.717) is 37.0 Å². The van der Waals surface area contributed by atoms with Crippen LogP contribution in [0.3, 0.4) is 0 Å². The van der Waals surface area contributed by atoms with Gasteiger partial charge in [-0.25, -0.2) is 0 Å². The minimum atomic E-state index is -0.126. The molecule has 0 bridgehead atoms. The first-order valence-electron chi connectivity index (χ1n) is 9.08. The maximum atomic E-state index is 12.6. The maximum Gasteiger partial charge on any atom is 0.232 e. The molecule has 0 saturated carbocycles. The standard InChI is InChI=1S/C21H21N3O3/c1-3-26-18-7-5-4-6-17(18)24-13-16(12-19(24)25)21-22-20(23-27-21)15-10-8-14(2)9-11-15/h4-11,16H,3,12-13H2,1-2H3. The molecule has 0 N–H and O–H groups in total. The van der Waals surface area contributed by atoms with E-state index >= 15 is 0 Å². The molecule has 3 aromatic rings. The Balaban J connectivity index is 1.56. The van der Waals surface area contributed by atoms with Crippen LogP contribution >= 0.6 is 0 Å². The van der Waals surface area contributed by atoms with Crippen molar-refractivity contribution < 1.29 is 14.1 Å². The number of hydrogen-bond donors (Lipinski definition) is 0. The number of nitrogens with zero attached hydrogens (tertiary/aromatic N) is 3. The molecule has 1 amide bonds. The minimum absolute atomic E-state index is 0.0299. The minimum Gasteiger partial charge on any atom is -0.492 e. The molecule has 0 radical (unpaired) electrons. The zero-order valence-electron chi connectivity index (χ0n) is 15.4. The van der Waals surface area contributed by atoms with E-state index < -0.39 is 0 Å². The van der Waals surface area contributed by atoms with E-state index in [1.165, 1.54) is 5.56 Å². The van der Waals surface area contributed by atoms with Crippen LogP contribution in [0, 0.1) is 6.92 Å². The summed E-state index contributed by atoms with van der Waals surface area (Å²) in [5.41, 5.74) is 2.86. The van der Waals surface area contributed by atoms with E-state index in [4.69, 9.17) is 9.26 Å². The van der Waals surface area contributed by atoms with Crippen molar-refractivity contribution in [3.05, 3.63) is 60.0 Å². The molecule has 1 unspecified atom stereocenters. The number of aryl methyl sites for hydroxylation is 1. The van der Waals surface area contributed by atoms with Gasteiger partial charge in [0.1, 0.15) is 5.75 Å². The molecule has 1 aromatic heterocycles. The summed E-state index contributed by atoms with van der Waals surface area (Å²) in [4.78, 5) is 18.9. The molecule has 1 saturated heterocycles. The lowest BCUT2D eigenvalue weighted by Gasteiger charge is -2.19. The molecular weight excluding hydrogens is 342 g/mol. The summed E-state index contributed by atoms with van der Waals surface area (Å²) in [5.74, 6) is 1.65. The van der Waals surface area contributed by atoms with E-state index in [-0.39, 0.29) is 11.8 Å². The quantitative estimate of drug-likeness (QED) is 0.686. The molecule has 2 heterocycles. The largest absolute Gasteiger partial charge is 0.492 e. The van der Waals surface area contributed by atoms with Gasteiger partial charge in [-0.15, -0.1) is 0 Å². The van der Waals surface area contributed by atoms with Gasteiger partial charge < -0.3 is 14.2 Å². The number of carbonyl (C=O) groups is 1. The molecule has 2 aromatic carbocycles. The van der Waals surface area contributed by atoms with E-state index in [1.807, 2.05) is 62.4 Å². The van der Waals surface area contributed by atoms with Crippen LogP contribution in [0.15, 0.2) is 53.1 Å². The van der Waals surface area contributed by atoms with Crippen molar-refractivity contribution >= 4 is 11.6 Å². The Hall–Kier alpha value is -3.15. The predicted molar refractivity (Wildman–Crippen MR) is 102 cm³/mol. The van der Waals surface area contributed by atoms with Gasteiger partial charge >= 0.3 is 0 Å². The maximum absolute atomic E-state index is 12.6. The Bertz CT molecular complexity index is 949. The van der Waals surface area contributed by atoms with Gasteiger partial charge in [0.15, 0.2) is 0 Å². The summed E-state index contributed by atoms with van der Waals surface area (Å²) < 4.78 is 11.1. The molecule has 6 nitrogen and oxygen atoms in total. The normalized spacial score (nSPS) is 16.7. The van der Waals surface area contributed by atoms with Gasteiger partial charge in [0.2, 0.25) is 17.6 Å². The van der Waals surface area contributed by atoms with Crippen molar-refractivity contribution in [1.82, 2.24) is 10.1 Å². The van der Waals surface area contributed by atoms with Crippen LogP contribution in [-0.4, -0.2) is 29.2 Å². The summed E-state index contributed by atoms with van der Waals surface area (Å²) in [6.07, 6.45) is 0.343. The topological polar surface area (TPSA) is 68.5 Å². The Kier molecular flexibility index (Phi) is 4.62. The molecular formula is C21H21N3O3. The van der Waals surface area contributed by atoms with Crippen LogP contribution in [0.2, 0.25) is 0 Å². The number of hydrogen-bond acceptors (Lipinski definition) is 5. The first-order chi connectivity index (χ1) is 13.2. The second-order valence-electron chi connectivity index (χ2n) is 6.63. The third-order valence-electron chi connectivity index (χ3n) is 4.68. The van der Waals surface area contributed by atoms with Crippen molar-refractivity contribution in [2.24, 2.45) is 0 Å². The lowest BCUT2D eigenvalue weighted by atomic mass is 10.1. The van der Waals surface area contributed by atoms with Gasteiger partial charge in [0.05, 0.1) is 18.2 Å². The highest BCUT2D eigenvalue weighted by atomic mass is 16.5. The number of amides is 1. The second kappa shape index (κ2) is 7.23. The number of aromatic nitrogens is 2. The number of ether oxygens (including phenoxy) is 1. The summed E-state index contributed by atoms with van der Waals surface area (Å²) in [6, 6.07) is 15.5. The van der Waals surface area contributed by atoms with Crippen LogP contribution in [0.25, 0.3) is 11.4 Å². The number of carbonyl (C=O) groups excluding carboxylic acids is 1. The monoisotopic (exact) mass is 363 g/mol. The molecule has 1 aliphatic heterocycles. The second-order valence-corrected chi connectivity index (χ2v) is 6.63. The Morgan fingerprint density at radius 3 is 2.74 bits per heavy atom. The third-order valence-corrected chi connectivity index (χ3v) is 4.68. The third kappa shape index (κ3) is 3.43. The number of rotatable bonds is 5. The lowest BCUT2D eigenvalue weighted by Crippen LogP contribution is -2.25. The highest BCUT2D eigenvalue weighted by Crippen LogP contribution is 2.36. The fraction of sp³-hybridized carbons (Fsp3) is 0.286. The highest BCUT2D eigenvalue weighted by molar-refractivity contribution is 5.97. The van der Waals surface area contributed by atoms with Crippen molar-refractivity contribution in [1.29, 1.82) is 0 Å². The fourth-order valence-electron chi connectivity index (χ4n) is 3.28. The van der Waals surface area contributed by atoms with Gasteiger partial charge in [0, 0.05) is 18.5 Å². The molecule has 4 rings (SSSR count). The summed E-state index contributed by atoms with van der Waals surface area (Å²) >= 11 is 0. The van der Waals surface area contributed by atoms with Gasteiger partial charge in [-0.3, -0.25) is 4.79 Å². The van der Waals surface area contributed by atoms with Crippen molar-refractivity contribution in [3.8, 4) is 17.1 Å². The number of anilines is 1. The Morgan fingerprint density at radius 2 is 1.96 bits per heavy atom. The smallest absolute Gasteiger partial charge is 0.232 e. The first kappa shape index (κ1) is 17.3. The number of benzene rings is 2. The zero-order valence-corrected chi connectivity index (χ0v) is 15.4. The molecule has 1 fully saturated rings. The molecule has 0 spiro atoms. The van der Waals surface area contributed by atoms with Crippen molar-refractivity contribution in [2.75, 3.05) is 18.1 Å². The molecule has 1 atom stereocenters. The molecule has 27 heavy (non-hydrogen) atoms. The van der Waals surface area contributed by atoms with Gasteiger partial charge in [-0.05, 0) is 26.0 Å². The SMILES string of the molecule is CCOc1ccccc1N1CC(c2nc(-c3ccc(C)cc3)no2)CC1=O. The van der Waals surface area contributed by atoms with Gasteiger partial charge in [-0.1, -0.05) is 47.1 Å². The average Bonchev–Trinajstić information content (AvgIpc) is 3.30. The van der Waals surface area contributed by atoms with Crippen LogP contribution < -0.4 is 9.64 Å². The lowest BCUT2D eigenvalue weighted by molar-refractivity contribution is -0.117. The number of para-hydroxylation sites is 2. The van der Waals surface area contributed by atoms with Crippen LogP contribution in [0.4, 0.5) is 5.69 Å². The highest BCUT2D eigenvalue weighted by Gasteiger charge is 2.36. The molecule has 1 aliphatic rings. The van der Waals surface area contributed by atoms with E-state index in [2.05, 4.69) is 10.1 Å². The zero-order chi connectivity index (χ0) is 18.8. The fourth-order valence-corrected chi connectivity index (χ4v) is 3.28. The molecule has 138 valence electrons. The van der Waals surface area contributed by atoms with E-state index in [9.17, 15) is 4.79 Å². The molecule has 0 aliphatic carbocycles. The Labute approximate surface area is 157 Å². The Morgan fingerprint density at radius 1 is 1.19 bits per heavy atom. The van der Waals surface area contributed by atoms with Crippen molar-refractivity contribution in [2.45, 2.75) is 26.2 Å². The van der Waals surface area contributed by atoms with Gasteiger partial charge in [-0.2, -0.15) is 4.98 Å². The van der Waals surface area contributed by atoms with E-state index in [0.717, 1.165) is 11.3 Å². The molecule has 6 heteroatoms. The summed E-state index contributed by atoms with van der Waals surface area (Å²) in [6.45, 7) is 5.01. The average molecular weight is 363 g/mol. The van der Waals surface area contributed by atoms with Crippen LogP contribution in [-0.2, 0) is 4.79 Å². The van der Waals surface area contributed by atoms with E-state index in [1.54, 1.807) is 4.90 Å². The van der Waals surface area contributed by atoms with Crippen LogP contribution in [0.1, 0.15) is 30.7 Å².